The Balaban J connectivity index is 1.83. The van der Waals surface area contributed by atoms with Crippen LogP contribution >= 0.6 is 0 Å². The Morgan fingerprint density at radius 1 is 0.971 bits per heavy atom. The number of hydrogen-bond donors (Lipinski definition) is 1. The monoisotopic (exact) mass is 455 g/mol. The number of imidazole rings is 1. The zero-order valence-electron chi connectivity index (χ0n) is 19.2. The second-order valence-electron chi connectivity index (χ2n) is 7.80. The minimum atomic E-state index is -0.518. The Hall–Kier alpha value is -4.26. The lowest BCUT2D eigenvalue weighted by atomic mass is 9.91. The summed E-state index contributed by atoms with van der Waals surface area (Å²) in [4.78, 5) is 18.4. The van der Waals surface area contributed by atoms with Gasteiger partial charge in [-0.1, -0.05) is 30.3 Å². The van der Waals surface area contributed by atoms with Crippen LogP contribution in [0.2, 0.25) is 0 Å². The molecule has 5 rings (SSSR count). The van der Waals surface area contributed by atoms with Crippen LogP contribution in [0, 0.1) is 0 Å². The van der Waals surface area contributed by atoms with Crippen LogP contribution in [-0.4, -0.2) is 36.3 Å². The quantitative estimate of drug-likeness (QED) is 0.411. The Labute approximate surface area is 197 Å². The molecule has 0 spiro atoms. The average Bonchev–Trinajstić information content (AvgIpc) is 3.26. The fourth-order valence-electron chi connectivity index (χ4n) is 4.43. The van der Waals surface area contributed by atoms with E-state index in [1.165, 1.54) is 0 Å². The van der Waals surface area contributed by atoms with Gasteiger partial charge in [0.25, 0.3) is 0 Å². The first-order valence-electron chi connectivity index (χ1n) is 11.1. The van der Waals surface area contributed by atoms with E-state index in [2.05, 4.69) is 5.32 Å². The summed E-state index contributed by atoms with van der Waals surface area (Å²) in [6.07, 6.45) is 0. The highest BCUT2D eigenvalue weighted by Gasteiger charge is 2.38. The Morgan fingerprint density at radius 2 is 1.71 bits per heavy atom. The molecule has 0 aliphatic carbocycles. The molecule has 0 unspecified atom stereocenters. The van der Waals surface area contributed by atoms with E-state index in [9.17, 15) is 4.79 Å². The van der Waals surface area contributed by atoms with E-state index in [-0.39, 0.29) is 6.61 Å². The number of carbonyl (C=O) groups excluding carboxylic acids is 1. The summed E-state index contributed by atoms with van der Waals surface area (Å²) < 4.78 is 18.6. The number of hydrogen-bond acceptors (Lipinski definition) is 6. The summed E-state index contributed by atoms with van der Waals surface area (Å²) >= 11 is 0. The first kappa shape index (κ1) is 21.6. The largest absolute Gasteiger partial charge is 0.497 e. The Bertz CT molecular complexity index is 1390. The zero-order valence-corrected chi connectivity index (χ0v) is 19.2. The molecule has 2 heterocycles. The number of esters is 1. The van der Waals surface area contributed by atoms with Crippen LogP contribution in [-0.2, 0) is 9.53 Å². The fraction of sp³-hybridized carbons (Fsp3) is 0.185. The molecule has 0 saturated heterocycles. The molecule has 3 aromatic carbocycles. The molecule has 0 amide bonds. The zero-order chi connectivity index (χ0) is 23.7. The van der Waals surface area contributed by atoms with E-state index >= 15 is 0 Å². The highest BCUT2D eigenvalue weighted by Crippen LogP contribution is 2.44. The van der Waals surface area contributed by atoms with Crippen LogP contribution < -0.4 is 14.8 Å². The molecule has 7 heteroatoms. The number of aromatic nitrogens is 2. The number of methoxy groups -OCH3 is 2. The number of nitrogens with zero attached hydrogens (tertiary/aromatic N) is 2. The molecule has 0 fully saturated rings. The van der Waals surface area contributed by atoms with Crippen molar-refractivity contribution in [2.75, 3.05) is 26.1 Å². The lowest BCUT2D eigenvalue weighted by Crippen LogP contribution is -2.29. The third-order valence-electron chi connectivity index (χ3n) is 5.94. The topological polar surface area (TPSA) is 74.6 Å². The van der Waals surface area contributed by atoms with E-state index in [4.69, 9.17) is 19.2 Å². The van der Waals surface area contributed by atoms with Crippen LogP contribution in [0.3, 0.4) is 0 Å². The number of nitrogens with one attached hydrogen (secondary N) is 1. The summed E-state index contributed by atoms with van der Waals surface area (Å²) in [7, 11) is 3.25. The predicted molar refractivity (Wildman–Crippen MR) is 131 cm³/mol. The molecule has 1 aromatic heterocycles. The molecule has 0 bridgehead atoms. The van der Waals surface area contributed by atoms with Gasteiger partial charge in [-0.3, -0.25) is 4.57 Å². The van der Waals surface area contributed by atoms with E-state index in [1.807, 2.05) is 77.4 Å². The normalized spacial score (nSPS) is 15.0. The van der Waals surface area contributed by atoms with Gasteiger partial charge in [-0.05, 0) is 55.0 Å². The maximum atomic E-state index is 13.5. The number of carbonyl (C=O) groups is 1. The smallest absolute Gasteiger partial charge is 0.338 e. The van der Waals surface area contributed by atoms with Crippen molar-refractivity contribution in [3.05, 3.63) is 89.5 Å². The number of para-hydroxylation sites is 3. The van der Waals surface area contributed by atoms with E-state index < -0.39 is 12.0 Å². The molecule has 1 atom stereocenters. The van der Waals surface area contributed by atoms with Gasteiger partial charge in [-0.2, -0.15) is 0 Å². The molecule has 172 valence electrons. The molecule has 1 aliphatic heterocycles. The first-order valence-corrected chi connectivity index (χ1v) is 11.1. The lowest BCUT2D eigenvalue weighted by Gasteiger charge is -2.32. The van der Waals surface area contributed by atoms with E-state index in [0.29, 0.717) is 23.0 Å². The molecule has 7 nitrogen and oxygen atoms in total. The molecule has 1 N–H and O–H groups in total. The molecular weight excluding hydrogens is 430 g/mol. The van der Waals surface area contributed by atoms with Crippen LogP contribution in [0.25, 0.3) is 16.7 Å². The molecule has 0 radical (unpaired) electrons. The highest BCUT2D eigenvalue weighted by molar-refractivity contribution is 6.03. The second-order valence-corrected chi connectivity index (χ2v) is 7.80. The number of benzene rings is 3. The summed E-state index contributed by atoms with van der Waals surface area (Å²) in [6, 6.07) is 22.6. The van der Waals surface area contributed by atoms with Gasteiger partial charge in [0.15, 0.2) is 0 Å². The standard InChI is InChI=1S/C27H25N3O4/c1-4-34-26(31)23-24(17-13-15-18(32-2)16-14-17)29-27-28-20-10-6-7-11-21(20)30(27)25(23)19-9-5-8-12-22(19)33-3/h5-16,25H,4H2,1-3H3,(H,28,29)/t25-/m1/s1. The molecule has 34 heavy (non-hydrogen) atoms. The van der Waals surface area contributed by atoms with Crippen molar-refractivity contribution in [3.8, 4) is 11.5 Å². The maximum absolute atomic E-state index is 13.5. The Morgan fingerprint density at radius 3 is 2.44 bits per heavy atom. The molecular formula is C27H25N3O4. The van der Waals surface area contributed by atoms with Gasteiger partial charge in [0.05, 0.1) is 43.1 Å². The van der Waals surface area contributed by atoms with E-state index in [0.717, 1.165) is 27.9 Å². The van der Waals surface area contributed by atoms with Crippen molar-refractivity contribution in [1.82, 2.24) is 9.55 Å². The van der Waals surface area contributed by atoms with Crippen LogP contribution in [0.5, 0.6) is 11.5 Å². The fourth-order valence-corrected chi connectivity index (χ4v) is 4.43. The SMILES string of the molecule is CCOC(=O)C1=C(c2ccc(OC)cc2)Nc2nc3ccccc3n2[C@@H]1c1ccccc1OC. The number of rotatable bonds is 6. The summed E-state index contributed by atoms with van der Waals surface area (Å²) in [6.45, 7) is 2.06. The van der Waals surface area contributed by atoms with Crippen LogP contribution in [0.4, 0.5) is 5.95 Å². The summed E-state index contributed by atoms with van der Waals surface area (Å²) in [5, 5.41) is 3.42. The molecule has 4 aromatic rings. The summed E-state index contributed by atoms with van der Waals surface area (Å²) in [5.41, 5.74) is 4.50. The van der Waals surface area contributed by atoms with Crippen molar-refractivity contribution < 1.29 is 19.0 Å². The van der Waals surface area contributed by atoms with Crippen molar-refractivity contribution in [1.29, 1.82) is 0 Å². The van der Waals surface area contributed by atoms with Gasteiger partial charge in [0, 0.05) is 5.56 Å². The molecule has 0 saturated carbocycles. The van der Waals surface area contributed by atoms with Gasteiger partial charge < -0.3 is 19.5 Å². The number of ether oxygens (including phenoxy) is 3. The van der Waals surface area contributed by atoms with Crippen LogP contribution in [0.15, 0.2) is 78.4 Å². The predicted octanol–water partition coefficient (Wildman–Crippen LogP) is 5.04. The number of anilines is 1. The van der Waals surface area contributed by atoms with E-state index in [1.54, 1.807) is 21.1 Å². The first-order chi connectivity index (χ1) is 16.7. The van der Waals surface area contributed by atoms with Crippen molar-refractivity contribution in [2.45, 2.75) is 13.0 Å². The average molecular weight is 456 g/mol. The van der Waals surface area contributed by atoms with Crippen molar-refractivity contribution >= 4 is 28.6 Å². The second kappa shape index (κ2) is 8.94. The van der Waals surface area contributed by atoms with Gasteiger partial charge in [-0.15, -0.1) is 0 Å². The van der Waals surface area contributed by atoms with Crippen molar-refractivity contribution in [3.63, 3.8) is 0 Å². The van der Waals surface area contributed by atoms with Gasteiger partial charge >= 0.3 is 5.97 Å². The highest BCUT2D eigenvalue weighted by atomic mass is 16.5. The lowest BCUT2D eigenvalue weighted by molar-refractivity contribution is -0.138. The van der Waals surface area contributed by atoms with Gasteiger partial charge in [-0.25, -0.2) is 9.78 Å². The van der Waals surface area contributed by atoms with Crippen molar-refractivity contribution in [2.24, 2.45) is 0 Å². The van der Waals surface area contributed by atoms with Gasteiger partial charge in [0.2, 0.25) is 5.95 Å². The molecule has 1 aliphatic rings. The Kier molecular flexibility index (Phi) is 5.67. The maximum Gasteiger partial charge on any atom is 0.338 e. The van der Waals surface area contributed by atoms with Crippen LogP contribution in [0.1, 0.15) is 24.1 Å². The third-order valence-corrected chi connectivity index (χ3v) is 5.94. The van der Waals surface area contributed by atoms with Gasteiger partial charge in [0.1, 0.15) is 17.5 Å². The summed E-state index contributed by atoms with van der Waals surface area (Å²) in [5.74, 6) is 1.64. The third kappa shape index (κ3) is 3.55. The number of fused-ring (bicyclic) bond motifs is 3. The minimum absolute atomic E-state index is 0.258. The minimum Gasteiger partial charge on any atom is -0.497 e.